The van der Waals surface area contributed by atoms with Crippen LogP contribution in [0.15, 0.2) is 59.1 Å². The van der Waals surface area contributed by atoms with Crippen molar-refractivity contribution in [1.82, 2.24) is 19.6 Å². The van der Waals surface area contributed by atoms with E-state index in [1.807, 2.05) is 48.2 Å². The van der Waals surface area contributed by atoms with Crippen LogP contribution in [0.1, 0.15) is 59.8 Å². The number of aromatic nitrogens is 3. The lowest BCUT2D eigenvalue weighted by Gasteiger charge is -2.34. The number of amides is 1. The van der Waals surface area contributed by atoms with Gasteiger partial charge in [0.2, 0.25) is 0 Å². The van der Waals surface area contributed by atoms with Crippen molar-refractivity contribution in [2.75, 3.05) is 19.7 Å². The Bertz CT molecular complexity index is 1310. The average Bonchev–Trinajstić information content (AvgIpc) is 3.62. The lowest BCUT2D eigenvalue weighted by atomic mass is 10.0. The molecule has 0 bridgehead atoms. The fraction of sp³-hybridized carbons (Fsp3) is 0.370. The topological polar surface area (TPSA) is 73.4 Å². The fourth-order valence-electron chi connectivity index (χ4n) is 5.36. The van der Waals surface area contributed by atoms with Crippen molar-refractivity contribution in [2.24, 2.45) is 0 Å². The molecule has 1 unspecified atom stereocenters. The van der Waals surface area contributed by atoms with Crippen LogP contribution in [0.2, 0.25) is 0 Å². The molecule has 2 aromatic heterocycles. The summed E-state index contributed by atoms with van der Waals surface area (Å²) in [5.74, 6) is 1.59. The number of nitrogens with zero attached hydrogens (tertiary/aromatic N) is 4. The van der Waals surface area contributed by atoms with Crippen LogP contribution >= 0.6 is 0 Å². The SMILES string of the molecule is Cc1onc(-c2ccccc2)c1C(=O)N1CCC(n2c(C3CCCO3)nc3ccccc32)CC1. The zero-order valence-electron chi connectivity index (χ0n) is 19.3. The maximum Gasteiger partial charge on any atom is 0.259 e. The number of aryl methyl sites for hydroxylation is 1. The Kier molecular flexibility index (Phi) is 5.41. The summed E-state index contributed by atoms with van der Waals surface area (Å²) in [5.41, 5.74) is 4.24. The Morgan fingerprint density at radius 2 is 1.76 bits per heavy atom. The van der Waals surface area contributed by atoms with Crippen LogP contribution in [0, 0.1) is 6.92 Å². The standard InChI is InChI=1S/C27H28N4O3/c1-18-24(25(29-34-18)19-8-3-2-4-9-19)27(32)30-15-13-20(14-16-30)31-22-11-6-5-10-21(22)28-26(31)23-12-7-17-33-23/h2-6,8-11,20,23H,7,12-17H2,1H3. The normalized spacial score (nSPS) is 19.2. The molecule has 2 saturated heterocycles. The van der Waals surface area contributed by atoms with E-state index in [4.69, 9.17) is 14.2 Å². The van der Waals surface area contributed by atoms with Gasteiger partial charge in [0.1, 0.15) is 28.9 Å². The van der Waals surface area contributed by atoms with Crippen molar-refractivity contribution >= 4 is 16.9 Å². The van der Waals surface area contributed by atoms with Crippen molar-refractivity contribution in [3.8, 4) is 11.3 Å². The van der Waals surface area contributed by atoms with Gasteiger partial charge < -0.3 is 18.7 Å². The number of rotatable bonds is 4. The van der Waals surface area contributed by atoms with E-state index in [0.29, 0.717) is 30.1 Å². The quantitative estimate of drug-likeness (QED) is 0.415. The first kappa shape index (κ1) is 21.1. The number of hydrogen-bond donors (Lipinski definition) is 0. The molecular weight excluding hydrogens is 428 g/mol. The van der Waals surface area contributed by atoms with Crippen LogP contribution in [-0.2, 0) is 4.74 Å². The number of fused-ring (bicyclic) bond motifs is 1. The van der Waals surface area contributed by atoms with Gasteiger partial charge in [-0.1, -0.05) is 47.6 Å². The number of piperidine rings is 1. The molecule has 1 amide bonds. The van der Waals surface area contributed by atoms with E-state index >= 15 is 0 Å². The van der Waals surface area contributed by atoms with Crippen LogP contribution in [0.4, 0.5) is 0 Å². The Morgan fingerprint density at radius 1 is 1.00 bits per heavy atom. The first-order valence-electron chi connectivity index (χ1n) is 12.1. The van der Waals surface area contributed by atoms with Crippen LogP contribution in [-0.4, -0.2) is 45.2 Å². The molecule has 4 aromatic rings. The monoisotopic (exact) mass is 456 g/mol. The fourth-order valence-corrected chi connectivity index (χ4v) is 5.36. The van der Waals surface area contributed by atoms with Crippen LogP contribution in [0.5, 0.6) is 0 Å². The van der Waals surface area contributed by atoms with Gasteiger partial charge in [-0.25, -0.2) is 4.98 Å². The van der Waals surface area contributed by atoms with Gasteiger partial charge in [-0.2, -0.15) is 0 Å². The lowest BCUT2D eigenvalue weighted by Crippen LogP contribution is -2.39. The predicted octanol–water partition coefficient (Wildman–Crippen LogP) is 5.33. The molecule has 0 N–H and O–H groups in total. The highest BCUT2D eigenvalue weighted by atomic mass is 16.5. The number of hydrogen-bond acceptors (Lipinski definition) is 5. The third kappa shape index (κ3) is 3.60. The molecule has 2 aromatic carbocycles. The van der Waals surface area contributed by atoms with E-state index in [2.05, 4.69) is 27.9 Å². The third-order valence-corrected chi connectivity index (χ3v) is 7.08. The van der Waals surface area contributed by atoms with Gasteiger partial charge in [0.25, 0.3) is 5.91 Å². The van der Waals surface area contributed by atoms with Crippen molar-refractivity contribution in [2.45, 2.75) is 44.8 Å². The molecule has 1 atom stereocenters. The van der Waals surface area contributed by atoms with Crippen molar-refractivity contribution in [3.05, 3.63) is 71.7 Å². The molecule has 174 valence electrons. The first-order chi connectivity index (χ1) is 16.7. The molecule has 0 saturated carbocycles. The van der Waals surface area contributed by atoms with Gasteiger partial charge in [-0.3, -0.25) is 4.79 Å². The Hall–Kier alpha value is -3.45. The molecule has 34 heavy (non-hydrogen) atoms. The van der Waals surface area contributed by atoms with Crippen LogP contribution < -0.4 is 0 Å². The van der Waals surface area contributed by atoms with Crippen LogP contribution in [0.25, 0.3) is 22.3 Å². The Balaban J connectivity index is 1.25. The number of benzene rings is 2. The van der Waals surface area contributed by atoms with E-state index in [-0.39, 0.29) is 18.1 Å². The van der Waals surface area contributed by atoms with Gasteiger partial charge in [0.15, 0.2) is 0 Å². The summed E-state index contributed by atoms with van der Waals surface area (Å²) in [7, 11) is 0. The Morgan fingerprint density at radius 3 is 2.53 bits per heavy atom. The molecule has 6 rings (SSSR count). The smallest absolute Gasteiger partial charge is 0.259 e. The van der Waals surface area contributed by atoms with Crippen molar-refractivity contribution < 1.29 is 14.1 Å². The number of para-hydroxylation sites is 2. The molecule has 7 nitrogen and oxygen atoms in total. The molecule has 7 heteroatoms. The number of ether oxygens (including phenoxy) is 1. The van der Waals surface area contributed by atoms with Gasteiger partial charge in [0, 0.05) is 31.3 Å². The molecule has 0 spiro atoms. The zero-order valence-corrected chi connectivity index (χ0v) is 19.3. The van der Waals surface area contributed by atoms with Gasteiger partial charge in [0.05, 0.1) is 11.0 Å². The molecular formula is C27H28N4O3. The summed E-state index contributed by atoms with van der Waals surface area (Å²) >= 11 is 0. The lowest BCUT2D eigenvalue weighted by molar-refractivity contribution is 0.0681. The second kappa shape index (κ2) is 8.72. The van der Waals surface area contributed by atoms with Gasteiger partial charge in [-0.05, 0) is 44.7 Å². The van der Waals surface area contributed by atoms with Gasteiger partial charge >= 0.3 is 0 Å². The summed E-state index contributed by atoms with van der Waals surface area (Å²) in [6.07, 6.45) is 3.88. The summed E-state index contributed by atoms with van der Waals surface area (Å²) in [5, 5.41) is 4.20. The minimum absolute atomic E-state index is 0.00843. The van der Waals surface area contributed by atoms with E-state index in [9.17, 15) is 4.79 Å². The molecule has 2 fully saturated rings. The summed E-state index contributed by atoms with van der Waals surface area (Å²) in [6, 6.07) is 18.4. The van der Waals surface area contributed by atoms with Crippen molar-refractivity contribution in [3.63, 3.8) is 0 Å². The highest BCUT2D eigenvalue weighted by Crippen LogP contribution is 2.36. The largest absolute Gasteiger partial charge is 0.370 e. The highest BCUT2D eigenvalue weighted by molar-refractivity contribution is 6.00. The highest BCUT2D eigenvalue weighted by Gasteiger charge is 2.33. The maximum absolute atomic E-state index is 13.5. The van der Waals surface area contributed by atoms with E-state index in [0.717, 1.165) is 54.7 Å². The number of carbonyl (C=O) groups excluding carboxylic acids is 1. The molecule has 4 heterocycles. The minimum Gasteiger partial charge on any atom is -0.370 e. The third-order valence-electron chi connectivity index (χ3n) is 7.08. The van der Waals surface area contributed by atoms with Gasteiger partial charge in [-0.15, -0.1) is 0 Å². The molecule has 0 radical (unpaired) electrons. The number of likely N-dealkylation sites (tertiary alicyclic amines) is 1. The Labute approximate surface area is 198 Å². The summed E-state index contributed by atoms with van der Waals surface area (Å²) in [6.45, 7) is 3.97. The van der Waals surface area contributed by atoms with Crippen LogP contribution in [0.3, 0.4) is 0 Å². The first-order valence-corrected chi connectivity index (χ1v) is 12.1. The maximum atomic E-state index is 13.5. The average molecular weight is 457 g/mol. The number of imidazole rings is 1. The minimum atomic E-state index is -0.00843. The molecule has 0 aliphatic carbocycles. The van der Waals surface area contributed by atoms with Crippen molar-refractivity contribution in [1.29, 1.82) is 0 Å². The number of carbonyl (C=O) groups is 1. The second-order valence-corrected chi connectivity index (χ2v) is 9.18. The van der Waals surface area contributed by atoms with E-state index in [1.165, 1.54) is 0 Å². The zero-order chi connectivity index (χ0) is 23.1. The summed E-state index contributed by atoms with van der Waals surface area (Å²) < 4.78 is 13.8. The molecule has 2 aliphatic heterocycles. The summed E-state index contributed by atoms with van der Waals surface area (Å²) in [4.78, 5) is 20.4. The van der Waals surface area contributed by atoms with E-state index in [1.54, 1.807) is 0 Å². The van der Waals surface area contributed by atoms with E-state index < -0.39 is 0 Å². The second-order valence-electron chi connectivity index (χ2n) is 9.18. The predicted molar refractivity (Wildman–Crippen MR) is 129 cm³/mol. The molecule has 2 aliphatic rings.